The van der Waals surface area contributed by atoms with Crippen LogP contribution in [-0.2, 0) is 0 Å². The predicted octanol–water partition coefficient (Wildman–Crippen LogP) is 1.29. The van der Waals surface area contributed by atoms with Crippen molar-refractivity contribution in [2.75, 3.05) is 24.1 Å². The summed E-state index contributed by atoms with van der Waals surface area (Å²) in [5.74, 6) is 0.557. The number of hydrogen-bond acceptors (Lipinski definition) is 5. The molecule has 104 valence electrons. The minimum absolute atomic E-state index is 0.115. The van der Waals surface area contributed by atoms with Crippen LogP contribution < -0.4 is 16.4 Å². The lowest BCUT2D eigenvalue weighted by Crippen LogP contribution is -2.26. The zero-order valence-corrected chi connectivity index (χ0v) is 11.0. The van der Waals surface area contributed by atoms with Gasteiger partial charge in [0.25, 0.3) is 5.91 Å². The van der Waals surface area contributed by atoms with Gasteiger partial charge in [0.15, 0.2) is 0 Å². The summed E-state index contributed by atoms with van der Waals surface area (Å²) < 4.78 is 0. The molecule has 20 heavy (non-hydrogen) atoms. The van der Waals surface area contributed by atoms with E-state index in [4.69, 9.17) is 5.73 Å². The first-order valence-corrected chi connectivity index (χ1v) is 6.40. The molecule has 2 aromatic rings. The predicted molar refractivity (Wildman–Crippen MR) is 78.3 cm³/mol. The van der Waals surface area contributed by atoms with Crippen molar-refractivity contribution in [3.8, 4) is 0 Å². The molecule has 4 N–H and O–H groups in total. The zero-order valence-electron chi connectivity index (χ0n) is 11.0. The lowest BCUT2D eigenvalue weighted by Gasteiger charge is -2.08. The first kappa shape index (κ1) is 13.8. The molecule has 0 bridgehead atoms. The largest absolute Gasteiger partial charge is 0.396 e. The SMILES string of the molecule is Nc1cccnc1NCCCNC(=O)c1cccnc1. The lowest BCUT2D eigenvalue weighted by molar-refractivity contribution is 0.0953. The number of pyridine rings is 2. The summed E-state index contributed by atoms with van der Waals surface area (Å²) in [6, 6.07) is 7.05. The van der Waals surface area contributed by atoms with E-state index in [1.165, 1.54) is 0 Å². The third kappa shape index (κ3) is 3.94. The number of anilines is 2. The number of rotatable bonds is 6. The summed E-state index contributed by atoms with van der Waals surface area (Å²) in [5, 5.41) is 5.96. The van der Waals surface area contributed by atoms with Gasteiger partial charge in [0.2, 0.25) is 0 Å². The lowest BCUT2D eigenvalue weighted by atomic mass is 10.2. The number of nitrogens with zero attached hydrogens (tertiary/aromatic N) is 2. The van der Waals surface area contributed by atoms with Crippen molar-refractivity contribution in [1.29, 1.82) is 0 Å². The van der Waals surface area contributed by atoms with Gasteiger partial charge in [-0.15, -0.1) is 0 Å². The fourth-order valence-electron chi connectivity index (χ4n) is 1.66. The van der Waals surface area contributed by atoms with Crippen LogP contribution in [-0.4, -0.2) is 29.0 Å². The number of amides is 1. The van der Waals surface area contributed by atoms with Crippen molar-refractivity contribution in [3.05, 3.63) is 48.4 Å². The molecule has 6 nitrogen and oxygen atoms in total. The van der Waals surface area contributed by atoms with Crippen molar-refractivity contribution in [2.45, 2.75) is 6.42 Å². The third-order valence-corrected chi connectivity index (χ3v) is 2.69. The number of nitrogens with two attached hydrogens (primary N) is 1. The topological polar surface area (TPSA) is 92.9 Å². The van der Waals surface area contributed by atoms with Crippen molar-refractivity contribution < 1.29 is 4.79 Å². The number of hydrogen-bond donors (Lipinski definition) is 3. The monoisotopic (exact) mass is 271 g/mol. The summed E-state index contributed by atoms with van der Waals surface area (Å²) in [5.41, 5.74) is 6.94. The maximum Gasteiger partial charge on any atom is 0.252 e. The summed E-state index contributed by atoms with van der Waals surface area (Å²) in [4.78, 5) is 19.8. The number of nitrogens with one attached hydrogen (secondary N) is 2. The van der Waals surface area contributed by atoms with E-state index in [0.29, 0.717) is 30.2 Å². The highest BCUT2D eigenvalue weighted by Crippen LogP contribution is 2.12. The second kappa shape index (κ2) is 7.08. The van der Waals surface area contributed by atoms with Gasteiger partial charge in [-0.25, -0.2) is 4.98 Å². The second-order valence-corrected chi connectivity index (χ2v) is 4.22. The van der Waals surface area contributed by atoms with Crippen LogP contribution in [0.2, 0.25) is 0 Å². The smallest absolute Gasteiger partial charge is 0.252 e. The average Bonchev–Trinajstić information content (AvgIpc) is 2.49. The molecule has 0 spiro atoms. The van der Waals surface area contributed by atoms with Crippen LogP contribution in [0, 0.1) is 0 Å². The number of carbonyl (C=O) groups is 1. The molecule has 0 saturated carbocycles. The van der Waals surface area contributed by atoms with Gasteiger partial charge in [-0.2, -0.15) is 0 Å². The Morgan fingerprint density at radius 3 is 2.80 bits per heavy atom. The molecular formula is C14H17N5O. The van der Waals surface area contributed by atoms with Crippen LogP contribution >= 0.6 is 0 Å². The Bertz CT molecular complexity index is 559. The Morgan fingerprint density at radius 2 is 2.05 bits per heavy atom. The minimum Gasteiger partial charge on any atom is -0.396 e. The molecule has 0 saturated heterocycles. The molecule has 0 radical (unpaired) electrons. The molecule has 0 aliphatic rings. The van der Waals surface area contributed by atoms with E-state index < -0.39 is 0 Å². The van der Waals surface area contributed by atoms with Crippen LogP contribution in [0.4, 0.5) is 11.5 Å². The third-order valence-electron chi connectivity index (χ3n) is 2.69. The van der Waals surface area contributed by atoms with E-state index in [0.717, 1.165) is 6.42 Å². The molecule has 0 aromatic carbocycles. The van der Waals surface area contributed by atoms with Crippen LogP contribution in [0.15, 0.2) is 42.9 Å². The number of nitrogen functional groups attached to an aromatic ring is 1. The summed E-state index contributed by atoms with van der Waals surface area (Å²) in [7, 11) is 0. The van der Waals surface area contributed by atoms with E-state index in [2.05, 4.69) is 20.6 Å². The van der Waals surface area contributed by atoms with Crippen molar-refractivity contribution in [3.63, 3.8) is 0 Å². The first-order valence-electron chi connectivity index (χ1n) is 6.40. The Kier molecular flexibility index (Phi) is 4.88. The highest BCUT2D eigenvalue weighted by molar-refractivity contribution is 5.93. The van der Waals surface area contributed by atoms with Crippen LogP contribution in [0.25, 0.3) is 0 Å². The molecule has 0 aliphatic heterocycles. The fourth-order valence-corrected chi connectivity index (χ4v) is 1.66. The average molecular weight is 271 g/mol. The Morgan fingerprint density at radius 1 is 1.20 bits per heavy atom. The van der Waals surface area contributed by atoms with Gasteiger partial charge in [0, 0.05) is 31.7 Å². The summed E-state index contributed by atoms with van der Waals surface area (Å²) in [6.45, 7) is 1.27. The molecule has 0 atom stereocenters. The summed E-state index contributed by atoms with van der Waals surface area (Å²) >= 11 is 0. The quantitative estimate of drug-likeness (QED) is 0.688. The van der Waals surface area contributed by atoms with Crippen LogP contribution in [0.1, 0.15) is 16.8 Å². The van der Waals surface area contributed by atoms with Crippen LogP contribution in [0.5, 0.6) is 0 Å². The molecule has 6 heteroatoms. The molecule has 0 fully saturated rings. The minimum atomic E-state index is -0.115. The van der Waals surface area contributed by atoms with Gasteiger partial charge in [-0.1, -0.05) is 0 Å². The first-order chi connectivity index (χ1) is 9.77. The van der Waals surface area contributed by atoms with Crippen molar-refractivity contribution in [2.24, 2.45) is 0 Å². The van der Waals surface area contributed by atoms with E-state index in [9.17, 15) is 4.79 Å². The number of carbonyl (C=O) groups excluding carboxylic acids is 1. The molecule has 0 aliphatic carbocycles. The van der Waals surface area contributed by atoms with Gasteiger partial charge in [0.05, 0.1) is 11.3 Å². The van der Waals surface area contributed by atoms with Gasteiger partial charge in [-0.05, 0) is 30.7 Å². The van der Waals surface area contributed by atoms with E-state index in [-0.39, 0.29) is 5.91 Å². The highest BCUT2D eigenvalue weighted by Gasteiger charge is 2.03. The highest BCUT2D eigenvalue weighted by atomic mass is 16.1. The Labute approximate surface area is 117 Å². The van der Waals surface area contributed by atoms with Gasteiger partial charge < -0.3 is 16.4 Å². The van der Waals surface area contributed by atoms with E-state index >= 15 is 0 Å². The standard InChI is InChI=1S/C14H17N5O/c15-12-5-2-7-17-13(12)18-8-3-9-19-14(20)11-4-1-6-16-10-11/h1-2,4-7,10H,3,8-9,15H2,(H,17,18)(H,19,20). The van der Waals surface area contributed by atoms with Crippen molar-refractivity contribution in [1.82, 2.24) is 15.3 Å². The molecule has 2 heterocycles. The van der Waals surface area contributed by atoms with E-state index in [1.807, 2.05) is 0 Å². The van der Waals surface area contributed by atoms with Gasteiger partial charge >= 0.3 is 0 Å². The molecular weight excluding hydrogens is 254 g/mol. The van der Waals surface area contributed by atoms with Gasteiger partial charge in [-0.3, -0.25) is 9.78 Å². The Hall–Kier alpha value is -2.63. The summed E-state index contributed by atoms with van der Waals surface area (Å²) in [6.07, 6.45) is 5.64. The maximum atomic E-state index is 11.7. The molecule has 0 unspecified atom stereocenters. The van der Waals surface area contributed by atoms with Crippen LogP contribution in [0.3, 0.4) is 0 Å². The normalized spacial score (nSPS) is 10.0. The molecule has 2 rings (SSSR count). The van der Waals surface area contributed by atoms with Crippen molar-refractivity contribution >= 4 is 17.4 Å². The Balaban J connectivity index is 1.67. The molecule has 2 aromatic heterocycles. The maximum absolute atomic E-state index is 11.7. The zero-order chi connectivity index (χ0) is 14.2. The number of aromatic nitrogens is 2. The molecule has 1 amide bonds. The van der Waals surface area contributed by atoms with E-state index in [1.54, 1.807) is 42.9 Å². The van der Waals surface area contributed by atoms with Gasteiger partial charge in [0.1, 0.15) is 5.82 Å². The second-order valence-electron chi connectivity index (χ2n) is 4.22. The fraction of sp³-hybridized carbons (Fsp3) is 0.214.